The summed E-state index contributed by atoms with van der Waals surface area (Å²) in [5.74, 6) is 0. The normalized spacial score (nSPS) is 16.1. The lowest BCUT2D eigenvalue weighted by atomic mass is 10.0. The number of rotatable bonds is 3. The summed E-state index contributed by atoms with van der Waals surface area (Å²) in [5, 5.41) is 13.5. The monoisotopic (exact) mass is 207 g/mol. The molecule has 1 aromatic carbocycles. The van der Waals surface area contributed by atoms with E-state index in [-0.39, 0.29) is 11.6 Å². The Morgan fingerprint density at radius 1 is 1.13 bits per heavy atom. The first kappa shape index (κ1) is 12.2. The summed E-state index contributed by atoms with van der Waals surface area (Å²) in [7, 11) is 0. The van der Waals surface area contributed by atoms with Gasteiger partial charge in [-0.15, -0.1) is 0 Å². The molecule has 1 rings (SSSR count). The first-order chi connectivity index (χ1) is 6.90. The summed E-state index contributed by atoms with van der Waals surface area (Å²) >= 11 is 0. The van der Waals surface area contributed by atoms with Crippen molar-refractivity contribution >= 4 is 0 Å². The van der Waals surface area contributed by atoms with Crippen LogP contribution < -0.4 is 5.32 Å². The van der Waals surface area contributed by atoms with Gasteiger partial charge in [-0.3, -0.25) is 0 Å². The summed E-state index contributed by atoms with van der Waals surface area (Å²) in [4.78, 5) is 0. The van der Waals surface area contributed by atoms with Crippen LogP contribution in [0.3, 0.4) is 0 Å². The topological polar surface area (TPSA) is 32.3 Å². The van der Waals surface area contributed by atoms with Gasteiger partial charge < -0.3 is 10.4 Å². The van der Waals surface area contributed by atoms with Crippen molar-refractivity contribution in [2.75, 3.05) is 0 Å². The van der Waals surface area contributed by atoms with E-state index < -0.39 is 6.10 Å². The highest BCUT2D eigenvalue weighted by Crippen LogP contribution is 2.17. The average molecular weight is 207 g/mol. The summed E-state index contributed by atoms with van der Waals surface area (Å²) < 4.78 is 0. The van der Waals surface area contributed by atoms with E-state index >= 15 is 0 Å². The maximum absolute atomic E-state index is 10.1. The van der Waals surface area contributed by atoms with Gasteiger partial charge >= 0.3 is 0 Å². The van der Waals surface area contributed by atoms with Crippen LogP contribution in [0.1, 0.15) is 39.4 Å². The molecule has 0 spiro atoms. The van der Waals surface area contributed by atoms with Gasteiger partial charge in [0, 0.05) is 11.6 Å². The number of aliphatic hydroxyl groups excluding tert-OH is 1. The van der Waals surface area contributed by atoms with Gasteiger partial charge in [-0.1, -0.05) is 30.3 Å². The number of benzene rings is 1. The third-order valence-electron chi connectivity index (χ3n) is 2.28. The van der Waals surface area contributed by atoms with Crippen molar-refractivity contribution in [3.05, 3.63) is 35.9 Å². The summed E-state index contributed by atoms with van der Waals surface area (Å²) in [6.07, 6.45) is -0.453. The Morgan fingerprint density at radius 3 is 2.13 bits per heavy atom. The summed E-state index contributed by atoms with van der Waals surface area (Å²) in [6, 6.07) is 9.80. The van der Waals surface area contributed by atoms with Gasteiger partial charge in [0.2, 0.25) is 0 Å². The molecule has 0 fully saturated rings. The van der Waals surface area contributed by atoms with E-state index in [0.717, 1.165) is 5.56 Å². The minimum Gasteiger partial charge on any atom is -0.387 e. The van der Waals surface area contributed by atoms with Crippen LogP contribution in [0, 0.1) is 0 Å². The molecule has 0 aliphatic rings. The van der Waals surface area contributed by atoms with Crippen molar-refractivity contribution in [2.24, 2.45) is 0 Å². The van der Waals surface area contributed by atoms with Crippen molar-refractivity contribution in [3.63, 3.8) is 0 Å². The first-order valence-corrected chi connectivity index (χ1v) is 5.41. The molecule has 2 unspecified atom stereocenters. The summed E-state index contributed by atoms with van der Waals surface area (Å²) in [5.41, 5.74) is 0.983. The van der Waals surface area contributed by atoms with Crippen LogP contribution in [-0.4, -0.2) is 16.7 Å². The van der Waals surface area contributed by atoms with E-state index in [9.17, 15) is 5.11 Å². The molecule has 0 aliphatic carbocycles. The lowest BCUT2D eigenvalue weighted by Gasteiger charge is -2.29. The van der Waals surface area contributed by atoms with Crippen LogP contribution in [0.15, 0.2) is 30.3 Å². The molecule has 0 radical (unpaired) electrons. The minimum absolute atomic E-state index is 0.0230. The van der Waals surface area contributed by atoms with E-state index in [1.807, 2.05) is 37.3 Å². The van der Waals surface area contributed by atoms with Gasteiger partial charge in [0.1, 0.15) is 0 Å². The molecule has 0 amide bonds. The number of hydrogen-bond donors (Lipinski definition) is 2. The second-order valence-corrected chi connectivity index (χ2v) is 5.04. The van der Waals surface area contributed by atoms with E-state index in [1.165, 1.54) is 0 Å². The van der Waals surface area contributed by atoms with Crippen LogP contribution in [0.2, 0.25) is 0 Å². The molecule has 0 saturated heterocycles. The molecule has 0 heterocycles. The maximum atomic E-state index is 10.1. The van der Waals surface area contributed by atoms with Gasteiger partial charge in [0.05, 0.1) is 6.10 Å². The van der Waals surface area contributed by atoms with Crippen LogP contribution in [0.5, 0.6) is 0 Å². The lowest BCUT2D eigenvalue weighted by Crippen LogP contribution is -2.44. The van der Waals surface area contributed by atoms with Gasteiger partial charge in [0.15, 0.2) is 0 Å². The quantitative estimate of drug-likeness (QED) is 0.798. The largest absolute Gasteiger partial charge is 0.387 e. The number of hydrogen-bond acceptors (Lipinski definition) is 2. The van der Waals surface area contributed by atoms with Crippen molar-refractivity contribution in [3.8, 4) is 0 Å². The fourth-order valence-corrected chi connectivity index (χ4v) is 1.70. The highest BCUT2D eigenvalue weighted by molar-refractivity contribution is 5.18. The zero-order valence-corrected chi connectivity index (χ0v) is 9.99. The van der Waals surface area contributed by atoms with Gasteiger partial charge in [-0.25, -0.2) is 0 Å². The molecule has 0 saturated carbocycles. The van der Waals surface area contributed by atoms with E-state index in [4.69, 9.17) is 0 Å². The Bertz CT molecular complexity index is 289. The molecule has 1 aromatic rings. The highest BCUT2D eigenvalue weighted by Gasteiger charge is 2.20. The Kier molecular flexibility index (Phi) is 3.89. The zero-order valence-electron chi connectivity index (χ0n) is 9.99. The molecular weight excluding hydrogens is 186 g/mol. The first-order valence-electron chi connectivity index (χ1n) is 5.41. The predicted octanol–water partition coefficient (Wildman–Crippen LogP) is 2.50. The second kappa shape index (κ2) is 4.77. The average Bonchev–Trinajstić information content (AvgIpc) is 2.15. The van der Waals surface area contributed by atoms with E-state index in [1.54, 1.807) is 0 Å². The Labute approximate surface area is 92.3 Å². The second-order valence-electron chi connectivity index (χ2n) is 5.04. The minimum atomic E-state index is -0.453. The van der Waals surface area contributed by atoms with Crippen LogP contribution in [0.25, 0.3) is 0 Å². The van der Waals surface area contributed by atoms with Crippen molar-refractivity contribution in [1.29, 1.82) is 0 Å². The van der Waals surface area contributed by atoms with Crippen molar-refractivity contribution in [1.82, 2.24) is 5.32 Å². The number of aliphatic hydroxyl groups is 1. The third kappa shape index (κ3) is 4.02. The van der Waals surface area contributed by atoms with Crippen molar-refractivity contribution in [2.45, 2.75) is 45.4 Å². The molecule has 2 atom stereocenters. The van der Waals surface area contributed by atoms with Gasteiger partial charge in [-0.2, -0.15) is 0 Å². The fraction of sp³-hybridized carbons (Fsp3) is 0.538. The standard InChI is InChI=1S/C13H21NO/c1-10(14-13(2,3)4)12(15)11-8-6-5-7-9-11/h5-10,12,14-15H,1-4H3. The number of nitrogens with one attached hydrogen (secondary N) is 1. The predicted molar refractivity (Wildman–Crippen MR) is 63.8 cm³/mol. The smallest absolute Gasteiger partial charge is 0.0940 e. The zero-order chi connectivity index (χ0) is 11.5. The molecule has 15 heavy (non-hydrogen) atoms. The van der Waals surface area contributed by atoms with Gasteiger partial charge in [0.25, 0.3) is 0 Å². The lowest BCUT2D eigenvalue weighted by molar-refractivity contribution is 0.121. The van der Waals surface area contributed by atoms with Crippen LogP contribution in [-0.2, 0) is 0 Å². The molecule has 2 N–H and O–H groups in total. The van der Waals surface area contributed by atoms with Crippen molar-refractivity contribution < 1.29 is 5.11 Å². The maximum Gasteiger partial charge on any atom is 0.0940 e. The molecule has 0 aliphatic heterocycles. The molecule has 0 bridgehead atoms. The summed E-state index contributed by atoms with van der Waals surface area (Å²) in [6.45, 7) is 8.30. The Balaban J connectivity index is 2.65. The Morgan fingerprint density at radius 2 is 1.67 bits per heavy atom. The van der Waals surface area contributed by atoms with E-state index in [0.29, 0.717) is 0 Å². The molecule has 84 valence electrons. The molecule has 2 heteroatoms. The van der Waals surface area contributed by atoms with Gasteiger partial charge in [-0.05, 0) is 33.3 Å². The van der Waals surface area contributed by atoms with E-state index in [2.05, 4.69) is 26.1 Å². The third-order valence-corrected chi connectivity index (χ3v) is 2.28. The fourth-order valence-electron chi connectivity index (χ4n) is 1.70. The Hall–Kier alpha value is -0.860. The SMILES string of the molecule is CC(NC(C)(C)C)C(O)c1ccccc1. The molecule has 0 aromatic heterocycles. The molecular formula is C13H21NO. The van der Waals surface area contributed by atoms with Crippen LogP contribution >= 0.6 is 0 Å². The van der Waals surface area contributed by atoms with Crippen LogP contribution in [0.4, 0.5) is 0 Å². The molecule has 2 nitrogen and oxygen atoms in total. The highest BCUT2D eigenvalue weighted by atomic mass is 16.3.